The normalized spacial score (nSPS) is 13.1. The van der Waals surface area contributed by atoms with Crippen LogP contribution in [-0.2, 0) is 19.1 Å². The van der Waals surface area contributed by atoms with Crippen molar-refractivity contribution in [1.29, 1.82) is 0 Å². The molecule has 0 saturated heterocycles. The lowest BCUT2D eigenvalue weighted by Crippen LogP contribution is -2.28. The zero-order chi connectivity index (χ0) is 46.3. The first-order valence-electron chi connectivity index (χ1n) is 26.4. The molecule has 0 radical (unpaired) electrons. The lowest BCUT2D eigenvalue weighted by molar-refractivity contribution is -0.161. The molecule has 0 fully saturated rings. The highest BCUT2D eigenvalue weighted by atomic mass is 16.6. The number of hydrogen-bond donors (Lipinski definition) is 1. The number of aliphatic hydroxyl groups excluding tert-OH is 1. The van der Waals surface area contributed by atoms with E-state index in [0.717, 1.165) is 103 Å². The van der Waals surface area contributed by atoms with Crippen molar-refractivity contribution in [2.45, 2.75) is 238 Å². The fourth-order valence-corrected chi connectivity index (χ4v) is 7.09. The van der Waals surface area contributed by atoms with E-state index < -0.39 is 6.10 Å². The average Bonchev–Trinajstić information content (AvgIpc) is 3.30. The molecule has 0 amide bonds. The fourth-order valence-electron chi connectivity index (χ4n) is 7.09. The van der Waals surface area contributed by atoms with E-state index in [9.17, 15) is 14.7 Å². The van der Waals surface area contributed by atoms with E-state index in [4.69, 9.17) is 9.47 Å². The second kappa shape index (κ2) is 53.9. The van der Waals surface area contributed by atoms with Gasteiger partial charge in [0.2, 0.25) is 0 Å². The lowest BCUT2D eigenvalue weighted by Gasteiger charge is -2.15. The number of ether oxygens (including phenoxy) is 2. The molecule has 5 heteroatoms. The van der Waals surface area contributed by atoms with Crippen LogP contribution in [0.4, 0.5) is 0 Å². The zero-order valence-electron chi connectivity index (χ0n) is 41.5. The number of allylic oxidation sites excluding steroid dienone is 18. The lowest BCUT2D eigenvalue weighted by atomic mass is 10.0. The SMILES string of the molecule is CC/C=C\C/C=C\C/C=C\C/C=C\C/C=C\C/C=C\CCCCCCC(=O)OC(CO)COC(=O)CCCCCCCCCCCCCC/C=C\C/C=C\C/C=C\CCCCCCC. The molecule has 5 nitrogen and oxygen atoms in total. The van der Waals surface area contributed by atoms with Gasteiger partial charge in [-0.05, 0) is 103 Å². The summed E-state index contributed by atoms with van der Waals surface area (Å²) in [4.78, 5) is 24.5. The van der Waals surface area contributed by atoms with Gasteiger partial charge in [-0.15, -0.1) is 0 Å². The summed E-state index contributed by atoms with van der Waals surface area (Å²) in [6.45, 7) is 3.99. The topological polar surface area (TPSA) is 72.8 Å². The summed E-state index contributed by atoms with van der Waals surface area (Å²) in [5, 5.41) is 9.63. The Bertz CT molecular complexity index is 1280. The Kier molecular flexibility index (Phi) is 51.0. The number of hydrogen-bond acceptors (Lipinski definition) is 5. The molecule has 0 saturated carbocycles. The highest BCUT2D eigenvalue weighted by Gasteiger charge is 2.16. The van der Waals surface area contributed by atoms with E-state index in [1.165, 1.54) is 103 Å². The van der Waals surface area contributed by atoms with Crippen LogP contribution >= 0.6 is 0 Å². The highest BCUT2D eigenvalue weighted by molar-refractivity contribution is 5.70. The van der Waals surface area contributed by atoms with Crippen molar-refractivity contribution in [3.8, 4) is 0 Å². The van der Waals surface area contributed by atoms with Gasteiger partial charge in [0, 0.05) is 12.8 Å². The zero-order valence-corrected chi connectivity index (χ0v) is 41.5. The third kappa shape index (κ3) is 51.2. The van der Waals surface area contributed by atoms with E-state index in [2.05, 4.69) is 123 Å². The molecule has 0 rings (SSSR count). The molecule has 0 aliphatic heterocycles. The maximum absolute atomic E-state index is 12.3. The number of carbonyl (C=O) groups is 2. The van der Waals surface area contributed by atoms with Gasteiger partial charge in [0.15, 0.2) is 6.10 Å². The summed E-state index contributed by atoms with van der Waals surface area (Å²) >= 11 is 0. The molecule has 0 aromatic carbocycles. The second-order valence-electron chi connectivity index (χ2n) is 17.2. The minimum Gasteiger partial charge on any atom is -0.462 e. The number of unbranched alkanes of at least 4 members (excludes halogenated alkanes) is 21. The summed E-state index contributed by atoms with van der Waals surface area (Å²) in [5.41, 5.74) is 0. The van der Waals surface area contributed by atoms with Gasteiger partial charge < -0.3 is 14.6 Å². The summed E-state index contributed by atoms with van der Waals surface area (Å²) in [6.07, 6.45) is 77.5. The maximum Gasteiger partial charge on any atom is 0.306 e. The number of aliphatic hydroxyl groups is 1. The second-order valence-corrected chi connectivity index (χ2v) is 17.2. The molecule has 64 heavy (non-hydrogen) atoms. The maximum atomic E-state index is 12.3. The Morgan fingerprint density at radius 1 is 0.375 bits per heavy atom. The Morgan fingerprint density at radius 2 is 0.672 bits per heavy atom. The van der Waals surface area contributed by atoms with E-state index in [1.54, 1.807) is 0 Å². The molecule has 0 bridgehead atoms. The first-order valence-corrected chi connectivity index (χ1v) is 26.4. The number of carbonyl (C=O) groups excluding carboxylic acids is 2. The van der Waals surface area contributed by atoms with Crippen molar-refractivity contribution in [1.82, 2.24) is 0 Å². The van der Waals surface area contributed by atoms with Gasteiger partial charge in [0.05, 0.1) is 6.61 Å². The first-order chi connectivity index (χ1) is 31.6. The van der Waals surface area contributed by atoms with Gasteiger partial charge in [-0.2, -0.15) is 0 Å². The van der Waals surface area contributed by atoms with Crippen LogP contribution in [-0.4, -0.2) is 36.4 Å². The summed E-state index contributed by atoms with van der Waals surface area (Å²) in [5.74, 6) is -0.626. The Balaban J connectivity index is 3.59. The van der Waals surface area contributed by atoms with Crippen LogP contribution in [0.2, 0.25) is 0 Å². The van der Waals surface area contributed by atoms with Gasteiger partial charge in [-0.1, -0.05) is 226 Å². The van der Waals surface area contributed by atoms with Gasteiger partial charge in [0.25, 0.3) is 0 Å². The summed E-state index contributed by atoms with van der Waals surface area (Å²) in [6, 6.07) is 0. The van der Waals surface area contributed by atoms with Crippen molar-refractivity contribution in [3.63, 3.8) is 0 Å². The van der Waals surface area contributed by atoms with Crippen LogP contribution in [0.5, 0.6) is 0 Å². The quantitative estimate of drug-likeness (QED) is 0.0374. The number of rotatable bonds is 47. The minimum absolute atomic E-state index is 0.0836. The summed E-state index contributed by atoms with van der Waals surface area (Å²) in [7, 11) is 0. The Morgan fingerprint density at radius 3 is 1.02 bits per heavy atom. The molecule has 1 atom stereocenters. The van der Waals surface area contributed by atoms with E-state index >= 15 is 0 Å². The average molecular weight is 887 g/mol. The largest absolute Gasteiger partial charge is 0.462 e. The van der Waals surface area contributed by atoms with Crippen molar-refractivity contribution in [2.24, 2.45) is 0 Å². The molecular formula is C59H98O5. The molecule has 1 N–H and O–H groups in total. The van der Waals surface area contributed by atoms with Gasteiger partial charge >= 0.3 is 11.9 Å². The predicted molar refractivity (Wildman–Crippen MR) is 279 cm³/mol. The molecule has 0 spiro atoms. The number of esters is 2. The fraction of sp³-hybridized carbons (Fsp3) is 0.661. The molecule has 0 aliphatic carbocycles. The monoisotopic (exact) mass is 887 g/mol. The minimum atomic E-state index is -0.795. The van der Waals surface area contributed by atoms with Gasteiger partial charge in [-0.25, -0.2) is 0 Å². The van der Waals surface area contributed by atoms with Crippen LogP contribution in [0.1, 0.15) is 232 Å². The molecule has 1 unspecified atom stereocenters. The highest BCUT2D eigenvalue weighted by Crippen LogP contribution is 2.14. The van der Waals surface area contributed by atoms with Crippen LogP contribution in [0, 0.1) is 0 Å². The third-order valence-corrected chi connectivity index (χ3v) is 11.1. The van der Waals surface area contributed by atoms with Crippen molar-refractivity contribution in [2.75, 3.05) is 13.2 Å². The van der Waals surface area contributed by atoms with E-state index in [-0.39, 0.29) is 25.2 Å². The molecule has 0 aromatic heterocycles. The van der Waals surface area contributed by atoms with Crippen LogP contribution in [0.25, 0.3) is 0 Å². The first kappa shape index (κ1) is 60.6. The standard InChI is InChI=1S/C59H98O5/c1-3-5-7-9-11-13-15-17-19-21-23-25-27-28-29-30-32-33-35-37-39-41-43-45-47-49-51-53-58(61)63-56-57(55-60)64-59(62)54-52-50-48-46-44-42-40-38-36-34-31-26-24-22-20-18-16-14-12-10-8-6-4-2/h6,8,12,14-15,17-18,20-21,23-24,26-28,34,36,40,42,57,60H,3-5,7,9-11,13,16,19,22,25,29-33,35,37-39,41,43-56H2,1-2H3/b8-6-,14-12-,17-15-,20-18-,23-21-,26-24-,28-27-,36-34-,42-40-. The van der Waals surface area contributed by atoms with Crippen LogP contribution in [0.15, 0.2) is 109 Å². The predicted octanol–water partition coefficient (Wildman–Crippen LogP) is 17.7. The molecule has 0 aliphatic rings. The van der Waals surface area contributed by atoms with Crippen molar-refractivity contribution >= 4 is 11.9 Å². The molecule has 0 aromatic rings. The molecule has 364 valence electrons. The third-order valence-electron chi connectivity index (χ3n) is 11.1. The Labute approximate surface area is 395 Å². The molecular weight excluding hydrogens is 789 g/mol. The van der Waals surface area contributed by atoms with Crippen LogP contribution in [0.3, 0.4) is 0 Å². The van der Waals surface area contributed by atoms with E-state index in [0.29, 0.717) is 12.8 Å². The van der Waals surface area contributed by atoms with Crippen molar-refractivity contribution in [3.05, 3.63) is 109 Å². The smallest absolute Gasteiger partial charge is 0.306 e. The summed E-state index contributed by atoms with van der Waals surface area (Å²) < 4.78 is 10.7. The molecule has 0 heterocycles. The van der Waals surface area contributed by atoms with Gasteiger partial charge in [-0.3, -0.25) is 9.59 Å². The Hall–Kier alpha value is -3.44. The van der Waals surface area contributed by atoms with Crippen molar-refractivity contribution < 1.29 is 24.2 Å². The van der Waals surface area contributed by atoms with Crippen LogP contribution < -0.4 is 0 Å². The van der Waals surface area contributed by atoms with E-state index in [1.807, 2.05) is 0 Å². The van der Waals surface area contributed by atoms with Gasteiger partial charge in [0.1, 0.15) is 6.61 Å².